The van der Waals surface area contributed by atoms with Crippen LogP contribution in [0.25, 0.3) is 0 Å². The molecule has 6 nitrogen and oxygen atoms in total. The van der Waals surface area contributed by atoms with Crippen LogP contribution in [0.1, 0.15) is 46.8 Å². The summed E-state index contributed by atoms with van der Waals surface area (Å²) < 4.78 is 10.3. The third-order valence-corrected chi connectivity index (χ3v) is 5.63. The zero-order chi connectivity index (χ0) is 20.8. The first-order valence-corrected chi connectivity index (χ1v) is 9.76. The molecule has 0 bridgehead atoms. The molecule has 1 aromatic heterocycles. The maximum Gasteiger partial charge on any atom is 0.344 e. The quantitative estimate of drug-likeness (QED) is 0.394. The molecule has 0 spiro atoms. The zero-order valence-electron chi connectivity index (χ0n) is 15.6. The van der Waals surface area contributed by atoms with Crippen LogP contribution in [-0.4, -0.2) is 40.1 Å². The number of benzene rings is 1. The van der Waals surface area contributed by atoms with E-state index in [1.54, 1.807) is 43.3 Å². The average molecular weight is 421 g/mol. The van der Waals surface area contributed by atoms with Crippen LogP contribution >= 0.6 is 23.6 Å². The molecule has 0 aliphatic carbocycles. The Morgan fingerprint density at radius 2 is 1.61 bits per heavy atom. The van der Waals surface area contributed by atoms with Crippen molar-refractivity contribution >= 4 is 46.3 Å². The fourth-order valence-electron chi connectivity index (χ4n) is 2.20. The SMILES string of the molecule is C[C@H](OC(=S)[C@@H](C)OC(=O)[C@@H](C)c1ccc(C(=O)c2ccccc2)s1)C(=O)O. The lowest BCUT2D eigenvalue weighted by molar-refractivity contribution is -0.148. The van der Waals surface area contributed by atoms with E-state index in [-0.39, 0.29) is 10.8 Å². The monoisotopic (exact) mass is 420 g/mol. The van der Waals surface area contributed by atoms with E-state index in [1.165, 1.54) is 25.2 Å². The molecule has 0 radical (unpaired) electrons. The summed E-state index contributed by atoms with van der Waals surface area (Å²) in [6.45, 7) is 4.52. The number of esters is 1. The first kappa shape index (κ1) is 21.7. The van der Waals surface area contributed by atoms with Crippen LogP contribution < -0.4 is 0 Å². The summed E-state index contributed by atoms with van der Waals surface area (Å²) in [5.41, 5.74) is 0.579. The van der Waals surface area contributed by atoms with Gasteiger partial charge in [0, 0.05) is 10.4 Å². The molecule has 0 aliphatic heterocycles. The number of aliphatic carboxylic acids is 1. The van der Waals surface area contributed by atoms with Crippen molar-refractivity contribution in [3.8, 4) is 0 Å². The summed E-state index contributed by atoms with van der Waals surface area (Å²) in [5, 5.41) is 8.73. The maximum absolute atomic E-state index is 12.5. The van der Waals surface area contributed by atoms with Crippen molar-refractivity contribution in [1.82, 2.24) is 0 Å². The normalized spacial score (nSPS) is 13.8. The first-order chi connectivity index (χ1) is 13.2. The van der Waals surface area contributed by atoms with Crippen molar-refractivity contribution in [2.45, 2.75) is 38.9 Å². The van der Waals surface area contributed by atoms with Crippen LogP contribution in [0.5, 0.6) is 0 Å². The topological polar surface area (TPSA) is 89.9 Å². The van der Waals surface area contributed by atoms with Gasteiger partial charge in [-0.05, 0) is 45.1 Å². The predicted molar refractivity (Wildman–Crippen MR) is 109 cm³/mol. The minimum Gasteiger partial charge on any atom is -0.479 e. The van der Waals surface area contributed by atoms with Gasteiger partial charge in [0.25, 0.3) is 0 Å². The van der Waals surface area contributed by atoms with Gasteiger partial charge in [0.15, 0.2) is 12.2 Å². The molecule has 0 saturated carbocycles. The van der Waals surface area contributed by atoms with E-state index in [0.717, 1.165) is 0 Å². The summed E-state index contributed by atoms with van der Waals surface area (Å²) in [6.07, 6.45) is -2.01. The summed E-state index contributed by atoms with van der Waals surface area (Å²) in [4.78, 5) is 36.9. The molecule has 0 aliphatic rings. The number of hydrogen-bond donors (Lipinski definition) is 1. The lowest BCUT2D eigenvalue weighted by atomic mass is 10.1. The van der Waals surface area contributed by atoms with Gasteiger partial charge in [0.1, 0.15) is 0 Å². The van der Waals surface area contributed by atoms with E-state index in [1.807, 2.05) is 6.07 Å². The molecule has 1 N–H and O–H groups in total. The van der Waals surface area contributed by atoms with Gasteiger partial charge in [0.2, 0.25) is 10.8 Å². The van der Waals surface area contributed by atoms with Crippen LogP contribution in [0.2, 0.25) is 0 Å². The number of ketones is 1. The van der Waals surface area contributed by atoms with Crippen molar-refractivity contribution in [2.24, 2.45) is 0 Å². The number of carbonyl (C=O) groups is 3. The van der Waals surface area contributed by atoms with E-state index in [0.29, 0.717) is 15.3 Å². The van der Waals surface area contributed by atoms with Gasteiger partial charge in [-0.25, -0.2) is 4.79 Å². The Kier molecular flexibility index (Phi) is 7.42. The number of carboxylic acids is 1. The summed E-state index contributed by atoms with van der Waals surface area (Å²) >= 11 is 6.21. The highest BCUT2D eigenvalue weighted by Crippen LogP contribution is 2.28. The molecule has 2 rings (SSSR count). The maximum atomic E-state index is 12.5. The Morgan fingerprint density at radius 1 is 0.964 bits per heavy atom. The molecule has 2 aromatic rings. The van der Waals surface area contributed by atoms with E-state index >= 15 is 0 Å². The second-order valence-electron chi connectivity index (χ2n) is 6.12. The van der Waals surface area contributed by atoms with Crippen LogP contribution in [0.4, 0.5) is 0 Å². The van der Waals surface area contributed by atoms with Crippen molar-refractivity contribution in [3.05, 3.63) is 57.8 Å². The Morgan fingerprint density at radius 3 is 2.21 bits per heavy atom. The summed E-state index contributed by atoms with van der Waals surface area (Å²) in [6, 6.07) is 12.3. The Bertz CT molecular complexity index is 874. The first-order valence-electron chi connectivity index (χ1n) is 8.54. The average Bonchev–Trinajstić information content (AvgIpc) is 3.17. The van der Waals surface area contributed by atoms with Gasteiger partial charge in [-0.1, -0.05) is 30.3 Å². The zero-order valence-corrected chi connectivity index (χ0v) is 17.2. The second-order valence-corrected chi connectivity index (χ2v) is 7.63. The number of thiophene rings is 1. The van der Waals surface area contributed by atoms with E-state index in [4.69, 9.17) is 26.8 Å². The number of hydrogen-bond acceptors (Lipinski definition) is 7. The van der Waals surface area contributed by atoms with E-state index in [2.05, 4.69) is 0 Å². The minimum absolute atomic E-state index is 0.108. The molecule has 1 heterocycles. The standard InChI is InChI=1S/C20H20O6S2/c1-11(19(24)25-13(3)20(27)26-12(2)18(22)23)15-9-10-16(28-15)17(21)14-7-5-4-6-8-14/h4-13H,1-3H3,(H,22,23)/t11-,12-,13+/m0/s1. The fraction of sp³-hybridized carbons (Fsp3) is 0.300. The second kappa shape index (κ2) is 9.57. The van der Waals surface area contributed by atoms with Gasteiger partial charge in [-0.3, -0.25) is 9.59 Å². The molecule has 3 atom stereocenters. The van der Waals surface area contributed by atoms with E-state index in [9.17, 15) is 14.4 Å². The Labute approximate surface area is 172 Å². The highest BCUT2D eigenvalue weighted by atomic mass is 32.1. The smallest absolute Gasteiger partial charge is 0.344 e. The fourth-order valence-corrected chi connectivity index (χ4v) is 3.40. The molecule has 1 aromatic carbocycles. The van der Waals surface area contributed by atoms with Crippen molar-refractivity contribution in [1.29, 1.82) is 0 Å². The third-order valence-electron chi connectivity index (χ3n) is 3.93. The highest BCUT2D eigenvalue weighted by Gasteiger charge is 2.26. The van der Waals surface area contributed by atoms with Gasteiger partial charge >= 0.3 is 11.9 Å². The minimum atomic E-state index is -1.16. The van der Waals surface area contributed by atoms with Crippen molar-refractivity contribution in [3.63, 3.8) is 0 Å². The number of carboxylic acid groups (broad SMARTS) is 1. The van der Waals surface area contributed by atoms with Gasteiger partial charge in [0.05, 0.1) is 10.8 Å². The number of ether oxygens (including phenoxy) is 2. The molecule has 28 heavy (non-hydrogen) atoms. The molecule has 0 amide bonds. The Hall–Kier alpha value is -2.58. The van der Waals surface area contributed by atoms with Gasteiger partial charge < -0.3 is 14.6 Å². The largest absolute Gasteiger partial charge is 0.479 e. The number of thiocarbonyl (C=S) groups is 1. The van der Waals surface area contributed by atoms with Crippen LogP contribution in [0, 0.1) is 0 Å². The molecular formula is C20H20O6S2. The molecule has 0 fully saturated rings. The summed E-state index contributed by atoms with van der Waals surface area (Å²) in [5.74, 6) is -2.42. The molecule has 8 heteroatoms. The van der Waals surface area contributed by atoms with Gasteiger partial charge in [-0.2, -0.15) is 0 Å². The van der Waals surface area contributed by atoms with Crippen molar-refractivity contribution in [2.75, 3.05) is 0 Å². The van der Waals surface area contributed by atoms with Crippen LogP contribution in [-0.2, 0) is 19.1 Å². The number of rotatable bonds is 8. The summed E-state index contributed by atoms with van der Waals surface area (Å²) in [7, 11) is 0. The van der Waals surface area contributed by atoms with Crippen molar-refractivity contribution < 1.29 is 29.0 Å². The molecule has 0 saturated heterocycles. The predicted octanol–water partition coefficient (Wildman–Crippen LogP) is 3.83. The van der Waals surface area contributed by atoms with E-state index < -0.39 is 30.1 Å². The highest BCUT2D eigenvalue weighted by molar-refractivity contribution is 7.80. The molecule has 0 unspecified atom stereocenters. The molecule has 148 valence electrons. The van der Waals surface area contributed by atoms with Crippen LogP contribution in [0.15, 0.2) is 42.5 Å². The Balaban J connectivity index is 2.00. The number of carbonyl (C=O) groups excluding carboxylic acids is 2. The third kappa shape index (κ3) is 5.46. The van der Waals surface area contributed by atoms with Gasteiger partial charge in [-0.15, -0.1) is 11.3 Å². The lowest BCUT2D eigenvalue weighted by Gasteiger charge is -2.19. The van der Waals surface area contributed by atoms with Crippen LogP contribution in [0.3, 0.4) is 0 Å². The lowest BCUT2D eigenvalue weighted by Crippen LogP contribution is -2.31. The molecular weight excluding hydrogens is 400 g/mol.